The van der Waals surface area contributed by atoms with E-state index in [4.69, 9.17) is 0 Å². The van der Waals surface area contributed by atoms with Gasteiger partial charge in [0.2, 0.25) is 0 Å². The van der Waals surface area contributed by atoms with Gasteiger partial charge >= 0.3 is 0 Å². The van der Waals surface area contributed by atoms with Gasteiger partial charge in [0.15, 0.2) is 0 Å². The van der Waals surface area contributed by atoms with Gasteiger partial charge in [-0.05, 0) is 101 Å². The highest BCUT2D eigenvalue weighted by Crippen LogP contribution is 2.31. The van der Waals surface area contributed by atoms with E-state index in [1.54, 1.807) is 12.3 Å². The molecular formula is C21H18Br2IN3O2. The zero-order valence-corrected chi connectivity index (χ0v) is 21.3. The van der Waals surface area contributed by atoms with Crippen LogP contribution in [-0.2, 0) is 0 Å². The number of phenols is 1. The van der Waals surface area contributed by atoms with E-state index < -0.39 is 5.91 Å². The number of rotatable bonds is 4. The normalized spacial score (nSPS) is 11.2. The van der Waals surface area contributed by atoms with Crippen molar-refractivity contribution in [1.82, 2.24) is 9.99 Å². The largest absolute Gasteiger partial charge is 0.506 e. The van der Waals surface area contributed by atoms with Crippen molar-refractivity contribution in [3.8, 4) is 11.4 Å². The molecule has 1 amide bonds. The summed E-state index contributed by atoms with van der Waals surface area (Å²) < 4.78 is 4.48. The molecule has 0 saturated heterocycles. The van der Waals surface area contributed by atoms with Gasteiger partial charge in [0.1, 0.15) is 5.75 Å². The third-order valence-electron chi connectivity index (χ3n) is 4.51. The van der Waals surface area contributed by atoms with Gasteiger partial charge in [-0.25, -0.2) is 5.43 Å². The summed E-state index contributed by atoms with van der Waals surface area (Å²) in [4.78, 5) is 12.4. The lowest BCUT2D eigenvalue weighted by Gasteiger charge is -2.11. The Morgan fingerprint density at radius 2 is 1.90 bits per heavy atom. The second kappa shape index (κ2) is 9.01. The van der Waals surface area contributed by atoms with E-state index in [0.717, 1.165) is 22.6 Å². The molecule has 0 atom stereocenters. The Hall–Kier alpha value is -1.65. The van der Waals surface area contributed by atoms with E-state index >= 15 is 0 Å². The van der Waals surface area contributed by atoms with Crippen LogP contribution >= 0.6 is 54.5 Å². The first kappa shape index (κ1) is 22.0. The molecular weight excluding hydrogens is 613 g/mol. The van der Waals surface area contributed by atoms with E-state index in [-0.39, 0.29) is 11.3 Å². The molecule has 0 aliphatic heterocycles. The van der Waals surface area contributed by atoms with Crippen LogP contribution < -0.4 is 5.43 Å². The smallest absolute Gasteiger partial charge is 0.275 e. The maximum atomic E-state index is 12.4. The molecule has 0 saturated carbocycles. The number of nitrogens with zero attached hydrogens (tertiary/aromatic N) is 2. The predicted octanol–water partition coefficient (Wildman–Crippen LogP) is 6.00. The summed E-state index contributed by atoms with van der Waals surface area (Å²) in [5, 5.41) is 14.2. The second-order valence-corrected chi connectivity index (χ2v) is 9.51. The summed E-state index contributed by atoms with van der Waals surface area (Å²) in [6.45, 7) is 6.14. The van der Waals surface area contributed by atoms with Gasteiger partial charge in [0.25, 0.3) is 5.91 Å². The van der Waals surface area contributed by atoms with Crippen molar-refractivity contribution in [2.75, 3.05) is 0 Å². The van der Waals surface area contributed by atoms with Gasteiger partial charge in [-0.2, -0.15) is 5.10 Å². The summed E-state index contributed by atoms with van der Waals surface area (Å²) in [5.41, 5.74) is 7.91. The Labute approximate surface area is 199 Å². The second-order valence-electron chi connectivity index (χ2n) is 6.58. The minimum absolute atomic E-state index is 0.128. The predicted molar refractivity (Wildman–Crippen MR) is 131 cm³/mol. The molecule has 0 fully saturated rings. The summed E-state index contributed by atoms with van der Waals surface area (Å²) in [5.74, 6) is -0.629. The highest BCUT2D eigenvalue weighted by molar-refractivity contribution is 14.1. The zero-order chi connectivity index (χ0) is 21.3. The molecule has 2 aromatic carbocycles. The Bertz CT molecular complexity index is 1140. The number of halogens is 3. The van der Waals surface area contributed by atoms with E-state index in [1.807, 2.05) is 19.9 Å². The van der Waals surface area contributed by atoms with Gasteiger partial charge in [0.05, 0.1) is 16.3 Å². The molecule has 150 valence electrons. The molecule has 5 nitrogen and oxygen atoms in total. The third-order valence-corrected chi connectivity index (χ3v) is 6.79. The van der Waals surface area contributed by atoms with Gasteiger partial charge in [0, 0.05) is 30.7 Å². The fourth-order valence-corrected chi connectivity index (χ4v) is 4.60. The Kier molecular flexibility index (Phi) is 6.85. The number of amides is 1. The monoisotopic (exact) mass is 629 g/mol. The quantitative estimate of drug-likeness (QED) is 0.211. The van der Waals surface area contributed by atoms with Crippen LogP contribution in [0.2, 0.25) is 0 Å². The Morgan fingerprint density at radius 1 is 1.17 bits per heavy atom. The summed E-state index contributed by atoms with van der Waals surface area (Å²) >= 11 is 8.85. The molecule has 0 bridgehead atoms. The minimum Gasteiger partial charge on any atom is -0.506 e. The number of aromatic nitrogens is 1. The van der Waals surface area contributed by atoms with Crippen molar-refractivity contribution in [3.63, 3.8) is 0 Å². The SMILES string of the molecule is Cc1cc(-n2c(C)cc(/C=N\NC(=O)c3cc(Br)cc(Br)c3O)c2C)ccc1I. The summed E-state index contributed by atoms with van der Waals surface area (Å²) in [6, 6.07) is 11.6. The number of phenolic OH excluding ortho intramolecular Hbond substituents is 1. The van der Waals surface area contributed by atoms with Crippen molar-refractivity contribution >= 4 is 66.6 Å². The number of benzene rings is 2. The summed E-state index contributed by atoms with van der Waals surface area (Å²) in [7, 11) is 0. The van der Waals surface area contributed by atoms with Crippen LogP contribution in [-0.4, -0.2) is 21.8 Å². The standard InChI is InChI=1S/C21H18Br2IN3O2/c1-11-6-16(4-5-19(11)24)27-12(2)7-14(13(27)3)10-25-26-21(29)17-8-15(22)9-18(23)20(17)28/h4-10,28H,1-3H3,(H,26,29)/b25-10-. The molecule has 2 N–H and O–H groups in total. The highest BCUT2D eigenvalue weighted by atomic mass is 127. The van der Waals surface area contributed by atoms with Crippen molar-refractivity contribution in [3.05, 3.63) is 77.0 Å². The molecule has 1 heterocycles. The van der Waals surface area contributed by atoms with E-state index in [0.29, 0.717) is 8.95 Å². The fourth-order valence-electron chi connectivity index (χ4n) is 3.04. The van der Waals surface area contributed by atoms with Crippen LogP contribution in [0.4, 0.5) is 0 Å². The van der Waals surface area contributed by atoms with Crippen LogP contribution in [0.15, 0.2) is 50.4 Å². The lowest BCUT2D eigenvalue weighted by atomic mass is 10.2. The van der Waals surface area contributed by atoms with Crippen molar-refractivity contribution in [2.45, 2.75) is 20.8 Å². The fraction of sp³-hybridized carbons (Fsp3) is 0.143. The molecule has 3 aromatic rings. The van der Waals surface area contributed by atoms with Crippen molar-refractivity contribution < 1.29 is 9.90 Å². The minimum atomic E-state index is -0.497. The van der Waals surface area contributed by atoms with Crippen LogP contribution in [0, 0.1) is 24.3 Å². The van der Waals surface area contributed by atoms with Crippen LogP contribution in [0.25, 0.3) is 5.69 Å². The van der Waals surface area contributed by atoms with Gasteiger partial charge in [-0.15, -0.1) is 0 Å². The average molecular weight is 631 g/mol. The molecule has 29 heavy (non-hydrogen) atoms. The van der Waals surface area contributed by atoms with E-state index in [9.17, 15) is 9.90 Å². The molecule has 0 aliphatic rings. The zero-order valence-electron chi connectivity index (χ0n) is 15.9. The first-order chi connectivity index (χ1) is 13.7. The van der Waals surface area contributed by atoms with E-state index in [1.165, 1.54) is 15.2 Å². The maximum Gasteiger partial charge on any atom is 0.275 e. The van der Waals surface area contributed by atoms with Gasteiger partial charge < -0.3 is 9.67 Å². The average Bonchev–Trinajstić information content (AvgIpc) is 2.94. The summed E-state index contributed by atoms with van der Waals surface area (Å²) in [6.07, 6.45) is 1.61. The highest BCUT2D eigenvalue weighted by Gasteiger charge is 2.15. The molecule has 3 rings (SSSR count). The van der Waals surface area contributed by atoms with Gasteiger partial charge in [-0.3, -0.25) is 4.79 Å². The number of hydrogen-bond acceptors (Lipinski definition) is 3. The lowest BCUT2D eigenvalue weighted by molar-refractivity contribution is 0.0952. The first-order valence-electron chi connectivity index (χ1n) is 8.66. The number of carbonyl (C=O) groups is 1. The van der Waals surface area contributed by atoms with Crippen molar-refractivity contribution in [1.29, 1.82) is 0 Å². The molecule has 8 heteroatoms. The number of carbonyl (C=O) groups excluding carboxylic acids is 1. The third kappa shape index (κ3) is 4.75. The number of aromatic hydroxyl groups is 1. The molecule has 1 aromatic heterocycles. The molecule has 0 aliphatic carbocycles. The maximum absolute atomic E-state index is 12.4. The Balaban J connectivity index is 1.83. The molecule has 0 unspecified atom stereocenters. The number of hydrogen-bond donors (Lipinski definition) is 2. The molecule has 0 radical (unpaired) electrons. The lowest BCUT2D eigenvalue weighted by Crippen LogP contribution is -2.18. The van der Waals surface area contributed by atoms with Crippen LogP contribution in [0.5, 0.6) is 5.75 Å². The van der Waals surface area contributed by atoms with E-state index in [2.05, 4.69) is 94.7 Å². The van der Waals surface area contributed by atoms with Crippen molar-refractivity contribution in [2.24, 2.45) is 5.10 Å². The van der Waals surface area contributed by atoms with Crippen LogP contribution in [0.1, 0.15) is 32.9 Å². The van der Waals surface area contributed by atoms with Gasteiger partial charge in [-0.1, -0.05) is 15.9 Å². The molecule has 0 spiro atoms. The number of aryl methyl sites for hydroxylation is 2. The first-order valence-corrected chi connectivity index (χ1v) is 11.3. The number of nitrogens with one attached hydrogen (secondary N) is 1. The Morgan fingerprint density at radius 3 is 2.59 bits per heavy atom. The topological polar surface area (TPSA) is 66.6 Å². The number of hydrazone groups is 1. The van der Waals surface area contributed by atoms with Crippen LogP contribution in [0.3, 0.4) is 0 Å².